The molecule has 17 heavy (non-hydrogen) atoms. The molecule has 0 radical (unpaired) electrons. The summed E-state index contributed by atoms with van der Waals surface area (Å²) in [4.78, 5) is 24.2. The lowest BCUT2D eigenvalue weighted by Crippen LogP contribution is -2.36. The molecule has 92 valence electrons. The van der Waals surface area contributed by atoms with E-state index in [1.54, 1.807) is 0 Å². The van der Waals surface area contributed by atoms with Crippen LogP contribution in [0.5, 0.6) is 0 Å². The van der Waals surface area contributed by atoms with Gasteiger partial charge in [-0.25, -0.2) is 0 Å². The number of rotatable bonds is 1. The van der Waals surface area contributed by atoms with Gasteiger partial charge in [-0.15, -0.1) is 0 Å². The topological polar surface area (TPSA) is 43.4 Å². The van der Waals surface area contributed by atoms with Crippen molar-refractivity contribution in [1.29, 1.82) is 0 Å². The number of allylic oxidation sites excluding steroid dienone is 2. The third-order valence-electron chi connectivity index (χ3n) is 5.53. The summed E-state index contributed by atoms with van der Waals surface area (Å²) < 4.78 is 4.78. The number of carbonyl (C=O) groups excluding carboxylic acids is 2. The molecule has 0 bridgehead atoms. The van der Waals surface area contributed by atoms with Gasteiger partial charge in [-0.1, -0.05) is 19.1 Å². The zero-order valence-electron chi connectivity index (χ0n) is 10.4. The summed E-state index contributed by atoms with van der Waals surface area (Å²) in [5, 5.41) is 0. The van der Waals surface area contributed by atoms with Crippen molar-refractivity contribution in [3.05, 3.63) is 12.2 Å². The van der Waals surface area contributed by atoms with Crippen LogP contribution >= 0.6 is 0 Å². The van der Waals surface area contributed by atoms with E-state index in [4.69, 9.17) is 4.74 Å². The Hall–Kier alpha value is -1.12. The fraction of sp³-hybridized carbons (Fsp3) is 0.714. The molecule has 0 amide bonds. The number of methoxy groups -OCH3 is 1. The fourth-order valence-electron chi connectivity index (χ4n) is 4.48. The zero-order valence-corrected chi connectivity index (χ0v) is 10.4. The third kappa shape index (κ3) is 1.08. The Labute approximate surface area is 101 Å². The van der Waals surface area contributed by atoms with Gasteiger partial charge in [-0.2, -0.15) is 0 Å². The molecule has 0 aromatic rings. The Morgan fingerprint density at radius 1 is 1.53 bits per heavy atom. The molecule has 4 atom stereocenters. The third-order valence-corrected chi connectivity index (χ3v) is 5.53. The normalized spacial score (nSPS) is 47.1. The Morgan fingerprint density at radius 2 is 2.29 bits per heavy atom. The summed E-state index contributed by atoms with van der Waals surface area (Å²) in [6.07, 6.45) is 8.09. The molecule has 0 heterocycles. The van der Waals surface area contributed by atoms with Crippen LogP contribution < -0.4 is 0 Å². The number of esters is 1. The second-order valence-electron chi connectivity index (χ2n) is 5.91. The lowest BCUT2D eigenvalue weighted by molar-refractivity contribution is -0.149. The van der Waals surface area contributed by atoms with E-state index in [2.05, 4.69) is 19.1 Å². The molecule has 2 fully saturated rings. The highest BCUT2D eigenvalue weighted by Crippen LogP contribution is 2.69. The molecule has 0 aromatic carbocycles. The first kappa shape index (κ1) is 11.0. The Morgan fingerprint density at radius 3 is 3.00 bits per heavy atom. The standard InChI is InChI=1S/C14H18O3/c1-13-7-5-9-4-3-6-14(9,13)8-10(11(13)15)12(16)17-2/h3-4,9-10H,5-8H2,1-2H3/t9-,10?,13+,14+/m1/s1. The second kappa shape index (κ2) is 3.21. The van der Waals surface area contributed by atoms with E-state index in [1.807, 2.05) is 0 Å². The maximum Gasteiger partial charge on any atom is 0.316 e. The predicted octanol–water partition coefficient (Wildman–Crippen LogP) is 2.11. The number of Topliss-reactive ketones (excluding diaryl/α,β-unsaturated/α-hetero) is 1. The summed E-state index contributed by atoms with van der Waals surface area (Å²) in [7, 11) is 1.37. The Kier molecular flexibility index (Phi) is 2.08. The van der Waals surface area contributed by atoms with Crippen LogP contribution in [0.15, 0.2) is 12.2 Å². The van der Waals surface area contributed by atoms with Crippen LogP contribution in [0.2, 0.25) is 0 Å². The number of ketones is 1. The van der Waals surface area contributed by atoms with Crippen molar-refractivity contribution >= 4 is 11.8 Å². The van der Waals surface area contributed by atoms with Crippen molar-refractivity contribution in [3.8, 4) is 0 Å². The minimum absolute atomic E-state index is 0.0168. The SMILES string of the molecule is COC(=O)C1C[C@@]23CC=C[C@@H]2CC[C@@]3(C)C1=O. The van der Waals surface area contributed by atoms with Crippen molar-refractivity contribution in [1.82, 2.24) is 0 Å². The van der Waals surface area contributed by atoms with Crippen LogP contribution in [-0.2, 0) is 14.3 Å². The van der Waals surface area contributed by atoms with E-state index in [1.165, 1.54) is 7.11 Å². The fourth-order valence-corrected chi connectivity index (χ4v) is 4.48. The first-order chi connectivity index (χ1) is 8.05. The van der Waals surface area contributed by atoms with E-state index in [-0.39, 0.29) is 22.6 Å². The lowest BCUT2D eigenvalue weighted by Gasteiger charge is -2.36. The van der Waals surface area contributed by atoms with E-state index in [0.717, 1.165) is 19.3 Å². The van der Waals surface area contributed by atoms with E-state index >= 15 is 0 Å². The Bertz CT molecular complexity index is 425. The van der Waals surface area contributed by atoms with Gasteiger partial charge < -0.3 is 4.74 Å². The summed E-state index contributed by atoms with van der Waals surface area (Å²) in [6, 6.07) is 0. The van der Waals surface area contributed by atoms with Crippen molar-refractivity contribution in [2.45, 2.75) is 32.6 Å². The minimum atomic E-state index is -0.521. The number of hydrogen-bond donors (Lipinski definition) is 0. The van der Waals surface area contributed by atoms with Crippen LogP contribution in [0.1, 0.15) is 32.6 Å². The molecule has 3 aliphatic carbocycles. The van der Waals surface area contributed by atoms with Crippen molar-refractivity contribution in [3.63, 3.8) is 0 Å². The summed E-state index contributed by atoms with van der Waals surface area (Å²) >= 11 is 0. The number of hydrogen-bond acceptors (Lipinski definition) is 3. The molecule has 1 unspecified atom stereocenters. The smallest absolute Gasteiger partial charge is 0.316 e. The minimum Gasteiger partial charge on any atom is -0.468 e. The molecule has 3 heteroatoms. The van der Waals surface area contributed by atoms with E-state index in [0.29, 0.717) is 12.3 Å². The molecular weight excluding hydrogens is 216 g/mol. The first-order valence-corrected chi connectivity index (χ1v) is 6.34. The van der Waals surface area contributed by atoms with Crippen molar-refractivity contribution in [2.75, 3.05) is 7.11 Å². The largest absolute Gasteiger partial charge is 0.468 e. The average molecular weight is 234 g/mol. The van der Waals surface area contributed by atoms with Gasteiger partial charge in [0, 0.05) is 5.41 Å². The summed E-state index contributed by atoms with van der Waals surface area (Å²) in [6.45, 7) is 2.06. The highest BCUT2D eigenvalue weighted by Gasteiger charge is 2.68. The zero-order chi connectivity index (χ0) is 12.3. The van der Waals surface area contributed by atoms with Crippen LogP contribution in [0.3, 0.4) is 0 Å². The van der Waals surface area contributed by atoms with Gasteiger partial charge in [-0.3, -0.25) is 9.59 Å². The van der Waals surface area contributed by atoms with Gasteiger partial charge in [0.1, 0.15) is 5.92 Å². The van der Waals surface area contributed by atoms with E-state index < -0.39 is 5.92 Å². The lowest BCUT2D eigenvalue weighted by atomic mass is 9.66. The maximum atomic E-state index is 12.5. The number of ether oxygens (including phenoxy) is 1. The molecule has 0 saturated heterocycles. The molecule has 1 spiro atoms. The van der Waals surface area contributed by atoms with E-state index in [9.17, 15) is 9.59 Å². The van der Waals surface area contributed by atoms with Gasteiger partial charge in [0.2, 0.25) is 0 Å². The van der Waals surface area contributed by atoms with Crippen LogP contribution in [0, 0.1) is 22.7 Å². The first-order valence-electron chi connectivity index (χ1n) is 6.34. The van der Waals surface area contributed by atoms with Crippen LogP contribution in [-0.4, -0.2) is 18.9 Å². The quantitative estimate of drug-likeness (QED) is 0.396. The number of carbonyl (C=O) groups is 2. The van der Waals surface area contributed by atoms with Gasteiger partial charge >= 0.3 is 5.97 Å². The van der Waals surface area contributed by atoms with Gasteiger partial charge in [0.15, 0.2) is 5.78 Å². The highest BCUT2D eigenvalue weighted by molar-refractivity contribution is 6.04. The summed E-state index contributed by atoms with van der Waals surface area (Å²) in [5.41, 5.74) is -0.289. The molecule has 0 aromatic heterocycles. The van der Waals surface area contributed by atoms with Crippen LogP contribution in [0.4, 0.5) is 0 Å². The van der Waals surface area contributed by atoms with Gasteiger partial charge in [-0.05, 0) is 37.0 Å². The molecule has 3 rings (SSSR count). The van der Waals surface area contributed by atoms with Crippen LogP contribution in [0.25, 0.3) is 0 Å². The van der Waals surface area contributed by atoms with Gasteiger partial charge in [0.05, 0.1) is 7.11 Å². The molecule has 3 aliphatic rings. The van der Waals surface area contributed by atoms with Crippen molar-refractivity contribution in [2.24, 2.45) is 22.7 Å². The molecular formula is C14H18O3. The molecule has 2 saturated carbocycles. The molecule has 0 aliphatic heterocycles. The highest BCUT2D eigenvalue weighted by atomic mass is 16.5. The Balaban J connectivity index is 2.01. The summed E-state index contributed by atoms with van der Waals surface area (Å²) in [5.74, 6) is -0.250. The monoisotopic (exact) mass is 234 g/mol. The predicted molar refractivity (Wildman–Crippen MR) is 62.2 cm³/mol. The molecule has 0 N–H and O–H groups in total. The second-order valence-corrected chi connectivity index (χ2v) is 5.91. The average Bonchev–Trinajstić information content (AvgIpc) is 2.90. The van der Waals surface area contributed by atoms with Gasteiger partial charge in [0.25, 0.3) is 0 Å². The van der Waals surface area contributed by atoms with Crippen molar-refractivity contribution < 1.29 is 14.3 Å². The maximum absolute atomic E-state index is 12.5. The molecule has 3 nitrogen and oxygen atoms in total.